The average molecular weight is 421 g/mol. The van der Waals surface area contributed by atoms with Crippen LogP contribution in [0.15, 0.2) is 66.7 Å². The molecule has 0 aliphatic carbocycles. The second kappa shape index (κ2) is 9.98. The van der Waals surface area contributed by atoms with E-state index < -0.39 is 11.8 Å². The minimum absolute atomic E-state index is 0.0924. The van der Waals surface area contributed by atoms with E-state index in [0.717, 1.165) is 17.2 Å². The number of benzene rings is 3. The monoisotopic (exact) mass is 420 g/mol. The third-order valence-corrected chi connectivity index (χ3v) is 5.32. The first kappa shape index (κ1) is 22.2. The molecule has 0 saturated carbocycles. The molecule has 2 N–H and O–H groups in total. The minimum Gasteiger partial charge on any atom is -0.484 e. The smallest absolute Gasteiger partial charge is 0.276 e. The maximum absolute atomic E-state index is 11.9. The number of carbonyl (C=O) groups is 2. The molecule has 3 aromatic carbocycles. The van der Waals surface area contributed by atoms with Gasteiger partial charge in [0.1, 0.15) is 11.5 Å². The zero-order valence-electron chi connectivity index (χ0n) is 18.1. The Morgan fingerprint density at radius 1 is 0.774 bits per heavy atom. The third-order valence-electron chi connectivity index (χ3n) is 5.32. The molecular weight excluding hydrogens is 392 g/mol. The van der Waals surface area contributed by atoms with Crippen LogP contribution in [0.4, 0.5) is 0 Å². The van der Waals surface area contributed by atoms with Crippen LogP contribution in [0, 0.1) is 0 Å². The highest BCUT2D eigenvalue weighted by Crippen LogP contribution is 2.28. The summed E-state index contributed by atoms with van der Waals surface area (Å²) in [4.78, 5) is 23.8. The van der Waals surface area contributed by atoms with E-state index in [4.69, 9.17) is 9.47 Å². The summed E-state index contributed by atoms with van der Waals surface area (Å²) in [6, 6.07) is 21.2. The Balaban J connectivity index is 1.39. The zero-order valence-corrected chi connectivity index (χ0v) is 18.1. The fourth-order valence-corrected chi connectivity index (χ4v) is 2.97. The van der Waals surface area contributed by atoms with Crippen molar-refractivity contribution in [1.82, 2.24) is 10.9 Å². The van der Waals surface area contributed by atoms with Gasteiger partial charge in [-0.2, -0.15) is 0 Å². The highest BCUT2D eigenvalue weighted by Gasteiger charge is 2.17. The number of hydrogen-bond acceptors (Lipinski definition) is 4. The summed E-state index contributed by atoms with van der Waals surface area (Å²) in [5.41, 5.74) is 5.94. The maximum atomic E-state index is 11.9. The van der Waals surface area contributed by atoms with Gasteiger partial charge in [0.05, 0.1) is 0 Å². The van der Waals surface area contributed by atoms with Crippen LogP contribution in [0.5, 0.6) is 11.5 Å². The number of hydrogen-bond donors (Lipinski definition) is 2. The van der Waals surface area contributed by atoms with Crippen LogP contribution in [0.2, 0.25) is 0 Å². The van der Waals surface area contributed by atoms with E-state index >= 15 is 0 Å². The van der Waals surface area contributed by atoms with Crippen molar-refractivity contribution in [3.05, 3.63) is 72.3 Å². The van der Waals surface area contributed by atoms with Crippen LogP contribution in [-0.4, -0.2) is 25.0 Å². The van der Waals surface area contributed by atoms with Crippen molar-refractivity contribution in [2.45, 2.75) is 32.6 Å². The maximum Gasteiger partial charge on any atom is 0.276 e. The van der Waals surface area contributed by atoms with Crippen molar-refractivity contribution in [2.75, 3.05) is 13.2 Å². The van der Waals surface area contributed by atoms with Crippen LogP contribution in [0.1, 0.15) is 32.8 Å². The first-order chi connectivity index (χ1) is 14.9. The van der Waals surface area contributed by atoms with Gasteiger partial charge in [-0.05, 0) is 52.4 Å². The summed E-state index contributed by atoms with van der Waals surface area (Å²) in [7, 11) is 0. The van der Waals surface area contributed by atoms with E-state index in [0.29, 0.717) is 11.5 Å². The molecule has 3 aromatic rings. The van der Waals surface area contributed by atoms with E-state index in [1.165, 1.54) is 5.56 Å². The van der Waals surface area contributed by atoms with Gasteiger partial charge in [0, 0.05) is 0 Å². The lowest BCUT2D eigenvalue weighted by Gasteiger charge is -2.23. The molecular formula is C25H28N2O4. The number of amides is 2. The fourth-order valence-electron chi connectivity index (χ4n) is 2.97. The highest BCUT2D eigenvalue weighted by atomic mass is 16.5. The summed E-state index contributed by atoms with van der Waals surface area (Å²) >= 11 is 0. The van der Waals surface area contributed by atoms with Crippen LogP contribution in [-0.2, 0) is 15.0 Å². The van der Waals surface area contributed by atoms with Crippen molar-refractivity contribution in [2.24, 2.45) is 0 Å². The number of nitrogens with one attached hydrogen (secondary N) is 2. The molecule has 0 unspecified atom stereocenters. The molecule has 6 heteroatoms. The lowest BCUT2D eigenvalue weighted by molar-refractivity contribution is -0.131. The Hall–Kier alpha value is -3.54. The number of hydrazine groups is 1. The standard InChI is InChI=1S/C25H28N2O4/c1-4-25(2,3)20-10-13-21(14-11-20)30-16-23(28)26-27-24(29)17-31-22-12-9-18-7-5-6-8-19(18)15-22/h5-15H,4,16-17H2,1-3H3,(H,26,28)(H,27,29). The predicted octanol–water partition coefficient (Wildman–Crippen LogP) is 4.13. The Bertz CT molecular complexity index is 1040. The van der Waals surface area contributed by atoms with E-state index in [9.17, 15) is 9.59 Å². The molecule has 0 aliphatic heterocycles. The first-order valence-corrected chi connectivity index (χ1v) is 10.3. The molecule has 0 aliphatic rings. The number of rotatable bonds is 8. The molecule has 0 heterocycles. The lowest BCUT2D eigenvalue weighted by atomic mass is 9.82. The van der Waals surface area contributed by atoms with Crippen LogP contribution in [0.3, 0.4) is 0 Å². The molecule has 0 radical (unpaired) electrons. The van der Waals surface area contributed by atoms with Crippen molar-refractivity contribution in [3.63, 3.8) is 0 Å². The topological polar surface area (TPSA) is 76.7 Å². The van der Waals surface area contributed by atoms with Gasteiger partial charge < -0.3 is 9.47 Å². The van der Waals surface area contributed by atoms with Crippen molar-refractivity contribution in [3.8, 4) is 11.5 Å². The normalized spacial score (nSPS) is 11.1. The SMILES string of the molecule is CCC(C)(C)c1ccc(OCC(=O)NNC(=O)COc2ccc3ccccc3c2)cc1. The Morgan fingerprint density at radius 3 is 1.94 bits per heavy atom. The van der Waals surface area contributed by atoms with Crippen LogP contribution in [0.25, 0.3) is 10.8 Å². The first-order valence-electron chi connectivity index (χ1n) is 10.3. The lowest BCUT2D eigenvalue weighted by Crippen LogP contribution is -2.45. The molecule has 0 bridgehead atoms. The predicted molar refractivity (Wildman–Crippen MR) is 121 cm³/mol. The van der Waals surface area contributed by atoms with Crippen LogP contribution < -0.4 is 20.3 Å². The van der Waals surface area contributed by atoms with Crippen molar-refractivity contribution >= 4 is 22.6 Å². The average Bonchev–Trinajstić information content (AvgIpc) is 2.80. The van der Waals surface area contributed by atoms with Gasteiger partial charge in [-0.3, -0.25) is 20.4 Å². The van der Waals surface area contributed by atoms with Crippen LogP contribution >= 0.6 is 0 Å². The fraction of sp³-hybridized carbons (Fsp3) is 0.280. The number of fused-ring (bicyclic) bond motifs is 1. The van der Waals surface area contributed by atoms with Gasteiger partial charge in [-0.15, -0.1) is 0 Å². The Morgan fingerprint density at radius 2 is 1.32 bits per heavy atom. The van der Waals surface area contributed by atoms with E-state index in [1.54, 1.807) is 6.07 Å². The summed E-state index contributed by atoms with van der Waals surface area (Å²) in [5.74, 6) is 0.250. The van der Waals surface area contributed by atoms with Gasteiger partial charge in [-0.1, -0.05) is 63.2 Å². The molecule has 0 fully saturated rings. The number of ether oxygens (including phenoxy) is 2. The molecule has 3 rings (SSSR count). The summed E-state index contributed by atoms with van der Waals surface area (Å²) in [6.45, 7) is 6.10. The van der Waals surface area contributed by atoms with E-state index in [-0.39, 0.29) is 18.6 Å². The van der Waals surface area contributed by atoms with Crippen molar-refractivity contribution in [1.29, 1.82) is 0 Å². The van der Waals surface area contributed by atoms with Gasteiger partial charge >= 0.3 is 0 Å². The van der Waals surface area contributed by atoms with E-state index in [1.807, 2.05) is 60.7 Å². The van der Waals surface area contributed by atoms with E-state index in [2.05, 4.69) is 31.6 Å². The Labute approximate surface area is 182 Å². The van der Waals surface area contributed by atoms with Gasteiger partial charge in [0.2, 0.25) is 0 Å². The second-order valence-electron chi connectivity index (χ2n) is 7.94. The molecule has 0 atom stereocenters. The minimum atomic E-state index is -0.465. The third kappa shape index (κ3) is 6.22. The molecule has 2 amide bonds. The summed E-state index contributed by atoms with van der Waals surface area (Å²) in [6.07, 6.45) is 1.03. The number of carbonyl (C=O) groups excluding carboxylic acids is 2. The molecule has 0 aromatic heterocycles. The molecule has 0 spiro atoms. The molecule has 162 valence electrons. The molecule has 31 heavy (non-hydrogen) atoms. The summed E-state index contributed by atoms with van der Waals surface area (Å²) in [5, 5.41) is 2.12. The Kier molecular flexibility index (Phi) is 7.13. The van der Waals surface area contributed by atoms with Gasteiger partial charge in [-0.25, -0.2) is 0 Å². The van der Waals surface area contributed by atoms with Crippen molar-refractivity contribution < 1.29 is 19.1 Å². The second-order valence-corrected chi connectivity index (χ2v) is 7.94. The molecule has 6 nitrogen and oxygen atoms in total. The molecule has 0 saturated heterocycles. The van der Waals surface area contributed by atoms with Gasteiger partial charge in [0.15, 0.2) is 13.2 Å². The van der Waals surface area contributed by atoms with Gasteiger partial charge in [0.25, 0.3) is 11.8 Å². The largest absolute Gasteiger partial charge is 0.484 e. The summed E-state index contributed by atoms with van der Waals surface area (Å²) < 4.78 is 11.0. The highest BCUT2D eigenvalue weighted by molar-refractivity contribution is 5.85. The zero-order chi connectivity index (χ0) is 22.3. The quantitative estimate of drug-likeness (QED) is 0.537.